The van der Waals surface area contributed by atoms with Crippen molar-refractivity contribution in [1.82, 2.24) is 9.97 Å². The molecule has 1 aromatic rings. The summed E-state index contributed by atoms with van der Waals surface area (Å²) in [6.07, 6.45) is 0.656. The Bertz CT molecular complexity index is 432. The zero-order valence-electron chi connectivity index (χ0n) is 11.1. The molecule has 18 heavy (non-hydrogen) atoms. The number of hydrogen-bond donors (Lipinski definition) is 1. The van der Waals surface area contributed by atoms with Crippen LogP contribution in [0.2, 0.25) is 0 Å². The lowest BCUT2D eigenvalue weighted by atomic mass is 10.1. The van der Waals surface area contributed by atoms with E-state index < -0.39 is 5.97 Å². The number of hydrogen-bond acceptors (Lipinski definition) is 5. The first-order chi connectivity index (χ1) is 8.34. The lowest BCUT2D eigenvalue weighted by molar-refractivity contribution is 0.00460. The lowest BCUT2D eigenvalue weighted by Gasteiger charge is -2.22. The van der Waals surface area contributed by atoms with E-state index in [1.165, 1.54) is 6.07 Å². The van der Waals surface area contributed by atoms with E-state index >= 15 is 0 Å². The summed E-state index contributed by atoms with van der Waals surface area (Å²) in [5.41, 5.74) is 0.200. The Morgan fingerprint density at radius 1 is 1.44 bits per heavy atom. The second kappa shape index (κ2) is 5.77. The van der Waals surface area contributed by atoms with E-state index in [1.54, 1.807) is 14.0 Å². The molecule has 0 aliphatic heterocycles. The molecule has 0 aliphatic carbocycles. The molecule has 0 bridgehead atoms. The van der Waals surface area contributed by atoms with Crippen molar-refractivity contribution in [2.75, 3.05) is 13.7 Å². The van der Waals surface area contributed by atoms with Gasteiger partial charge in [0.25, 0.3) is 0 Å². The topological polar surface area (TPSA) is 81.5 Å². The Morgan fingerprint density at radius 3 is 2.67 bits per heavy atom. The number of carboxylic acid groups (broad SMARTS) is 1. The maximum Gasteiger partial charge on any atom is 0.354 e. The molecule has 0 atom stereocenters. The minimum absolute atomic E-state index is 0.0662. The summed E-state index contributed by atoms with van der Waals surface area (Å²) in [5.74, 6) is -1.09. The van der Waals surface area contributed by atoms with Crippen LogP contribution in [0, 0.1) is 6.92 Å². The second-order valence-electron chi connectivity index (χ2n) is 4.54. The number of rotatable bonds is 6. The van der Waals surface area contributed by atoms with Crippen LogP contribution in [0.15, 0.2) is 6.07 Å². The van der Waals surface area contributed by atoms with Crippen LogP contribution in [-0.2, 0) is 4.74 Å². The van der Waals surface area contributed by atoms with Gasteiger partial charge in [0.1, 0.15) is 0 Å². The van der Waals surface area contributed by atoms with Crippen molar-refractivity contribution in [2.24, 2.45) is 0 Å². The maximum atomic E-state index is 10.8. The first-order valence-electron chi connectivity index (χ1n) is 5.61. The molecule has 0 fully saturated rings. The fourth-order valence-electron chi connectivity index (χ4n) is 1.21. The molecule has 1 aromatic heterocycles. The Labute approximate surface area is 106 Å². The van der Waals surface area contributed by atoms with Crippen molar-refractivity contribution in [3.8, 4) is 6.01 Å². The average Bonchev–Trinajstić information content (AvgIpc) is 2.28. The number of carboxylic acids is 1. The Kier molecular flexibility index (Phi) is 4.61. The quantitative estimate of drug-likeness (QED) is 0.831. The molecule has 0 radical (unpaired) electrons. The van der Waals surface area contributed by atoms with Crippen LogP contribution >= 0.6 is 0 Å². The van der Waals surface area contributed by atoms with Crippen molar-refractivity contribution in [3.05, 3.63) is 17.5 Å². The summed E-state index contributed by atoms with van der Waals surface area (Å²) in [4.78, 5) is 18.6. The predicted octanol–water partition coefficient (Wildman–Crippen LogP) is 1.68. The van der Waals surface area contributed by atoms with Gasteiger partial charge in [0, 0.05) is 19.2 Å². The molecular formula is C12H18N2O4. The molecule has 100 valence electrons. The van der Waals surface area contributed by atoms with Gasteiger partial charge in [0.05, 0.1) is 12.2 Å². The fraction of sp³-hybridized carbons (Fsp3) is 0.583. The molecule has 1 N–H and O–H groups in total. The third-order valence-electron chi connectivity index (χ3n) is 2.54. The van der Waals surface area contributed by atoms with Gasteiger partial charge in [-0.15, -0.1) is 0 Å². The van der Waals surface area contributed by atoms with Crippen molar-refractivity contribution < 1.29 is 19.4 Å². The van der Waals surface area contributed by atoms with Gasteiger partial charge < -0.3 is 14.6 Å². The van der Waals surface area contributed by atoms with Crippen LogP contribution < -0.4 is 4.74 Å². The molecule has 0 saturated carbocycles. The number of carbonyl (C=O) groups is 1. The highest BCUT2D eigenvalue weighted by Crippen LogP contribution is 2.14. The summed E-state index contributed by atoms with van der Waals surface area (Å²) in [7, 11) is 1.63. The predicted molar refractivity (Wildman–Crippen MR) is 64.9 cm³/mol. The number of ether oxygens (including phenoxy) is 2. The SMILES string of the molecule is COC(C)(C)CCOc1nc(C)cc(C(=O)O)n1. The third-order valence-corrected chi connectivity index (χ3v) is 2.54. The lowest BCUT2D eigenvalue weighted by Crippen LogP contribution is -2.25. The highest BCUT2D eigenvalue weighted by molar-refractivity contribution is 5.85. The number of aromatic nitrogens is 2. The minimum atomic E-state index is -1.09. The summed E-state index contributed by atoms with van der Waals surface area (Å²) >= 11 is 0. The summed E-state index contributed by atoms with van der Waals surface area (Å²) in [6, 6.07) is 1.48. The number of aromatic carboxylic acids is 1. The minimum Gasteiger partial charge on any atom is -0.477 e. The molecule has 1 rings (SSSR count). The first kappa shape index (κ1) is 14.4. The van der Waals surface area contributed by atoms with Crippen LogP contribution in [0.4, 0.5) is 0 Å². The van der Waals surface area contributed by atoms with Gasteiger partial charge in [0.15, 0.2) is 5.69 Å². The zero-order valence-corrected chi connectivity index (χ0v) is 11.1. The van der Waals surface area contributed by atoms with E-state index in [1.807, 2.05) is 13.8 Å². The molecule has 6 nitrogen and oxygen atoms in total. The van der Waals surface area contributed by atoms with Gasteiger partial charge in [-0.05, 0) is 26.8 Å². The summed E-state index contributed by atoms with van der Waals surface area (Å²) < 4.78 is 10.6. The van der Waals surface area contributed by atoms with Gasteiger partial charge in [-0.1, -0.05) is 0 Å². The summed E-state index contributed by atoms with van der Waals surface area (Å²) in [6.45, 7) is 5.94. The van der Waals surface area contributed by atoms with Gasteiger partial charge in [-0.2, -0.15) is 4.98 Å². The molecule has 0 amide bonds. The van der Waals surface area contributed by atoms with Crippen molar-refractivity contribution in [2.45, 2.75) is 32.8 Å². The van der Waals surface area contributed by atoms with Gasteiger partial charge in [-0.3, -0.25) is 0 Å². The monoisotopic (exact) mass is 254 g/mol. The highest BCUT2D eigenvalue weighted by Gasteiger charge is 2.17. The van der Waals surface area contributed by atoms with Crippen LogP contribution in [0.1, 0.15) is 36.5 Å². The molecule has 0 aromatic carbocycles. The first-order valence-corrected chi connectivity index (χ1v) is 5.61. The zero-order chi connectivity index (χ0) is 13.8. The molecule has 0 saturated heterocycles. The van der Waals surface area contributed by atoms with E-state index in [9.17, 15) is 4.79 Å². The fourth-order valence-corrected chi connectivity index (χ4v) is 1.21. The average molecular weight is 254 g/mol. The van der Waals surface area contributed by atoms with Crippen molar-refractivity contribution >= 4 is 5.97 Å². The van der Waals surface area contributed by atoms with Crippen LogP contribution in [0.3, 0.4) is 0 Å². The van der Waals surface area contributed by atoms with E-state index in [0.29, 0.717) is 18.7 Å². The smallest absolute Gasteiger partial charge is 0.354 e. The van der Waals surface area contributed by atoms with Crippen molar-refractivity contribution in [1.29, 1.82) is 0 Å². The normalized spacial score (nSPS) is 11.3. The number of aryl methyl sites for hydroxylation is 1. The molecule has 1 heterocycles. The highest BCUT2D eigenvalue weighted by atomic mass is 16.5. The van der Waals surface area contributed by atoms with Gasteiger partial charge in [0.2, 0.25) is 0 Å². The summed E-state index contributed by atoms with van der Waals surface area (Å²) in [5, 5.41) is 8.86. The Hall–Kier alpha value is -1.69. The molecule has 0 spiro atoms. The maximum absolute atomic E-state index is 10.8. The number of methoxy groups -OCH3 is 1. The third kappa shape index (κ3) is 4.29. The molecule has 6 heteroatoms. The van der Waals surface area contributed by atoms with Crippen LogP contribution in [0.25, 0.3) is 0 Å². The van der Waals surface area contributed by atoms with Crippen LogP contribution in [0.5, 0.6) is 6.01 Å². The largest absolute Gasteiger partial charge is 0.477 e. The van der Waals surface area contributed by atoms with E-state index in [-0.39, 0.29) is 17.3 Å². The standard InChI is InChI=1S/C12H18N2O4/c1-8-7-9(10(15)16)14-11(13-8)18-6-5-12(2,3)17-4/h7H,5-6H2,1-4H3,(H,15,16). The Morgan fingerprint density at radius 2 is 2.11 bits per heavy atom. The molecule has 0 aliphatic rings. The van der Waals surface area contributed by atoms with E-state index in [0.717, 1.165) is 0 Å². The van der Waals surface area contributed by atoms with Crippen molar-refractivity contribution in [3.63, 3.8) is 0 Å². The molecular weight excluding hydrogens is 236 g/mol. The van der Waals surface area contributed by atoms with E-state index in [2.05, 4.69) is 9.97 Å². The second-order valence-corrected chi connectivity index (χ2v) is 4.54. The van der Waals surface area contributed by atoms with Crippen LogP contribution in [-0.4, -0.2) is 40.4 Å². The Balaban J connectivity index is 2.65. The molecule has 0 unspecified atom stereocenters. The van der Waals surface area contributed by atoms with Gasteiger partial charge in [-0.25, -0.2) is 9.78 Å². The van der Waals surface area contributed by atoms with Gasteiger partial charge >= 0.3 is 12.0 Å². The number of nitrogens with zero attached hydrogens (tertiary/aromatic N) is 2. The van der Waals surface area contributed by atoms with E-state index in [4.69, 9.17) is 14.6 Å².